The lowest BCUT2D eigenvalue weighted by atomic mass is 9.97. The maximum absolute atomic E-state index is 6.73. The van der Waals surface area contributed by atoms with Crippen LogP contribution in [0.4, 0.5) is 0 Å². The van der Waals surface area contributed by atoms with Crippen molar-refractivity contribution in [3.63, 3.8) is 0 Å². The minimum Gasteiger partial charge on any atom is -0.455 e. The minimum absolute atomic E-state index is 0.710. The summed E-state index contributed by atoms with van der Waals surface area (Å²) in [7, 11) is 0. The van der Waals surface area contributed by atoms with Gasteiger partial charge in [-0.15, -0.1) is 0 Å². The number of hydrogen-bond donors (Lipinski definition) is 0. The zero-order valence-electron chi connectivity index (χ0n) is 31.1. The molecule has 0 aliphatic heterocycles. The standard InChI is InChI=1S/C54H31N3O/c1-2-12-33(13-3-1)46-31-47(56-54(55-46)43-20-9-14-32-11-4-5-17-37(32)43)36-16-8-15-34(29-36)35-23-28-50-45(30-35)42-25-24-39-41(53(42)58-50)26-27-49-51(39)44-21-10-19-40-38-18-6-7-22-48(38)57(49)52(40)44/h1-31H. The van der Waals surface area contributed by atoms with Crippen LogP contribution in [-0.4, -0.2) is 14.4 Å². The van der Waals surface area contributed by atoms with Crippen LogP contribution in [0.2, 0.25) is 0 Å². The van der Waals surface area contributed by atoms with Crippen molar-refractivity contribution in [3.8, 4) is 45.0 Å². The quantitative estimate of drug-likeness (QED) is 0.181. The molecule has 4 nitrogen and oxygen atoms in total. The van der Waals surface area contributed by atoms with Crippen molar-refractivity contribution in [2.45, 2.75) is 0 Å². The predicted octanol–water partition coefficient (Wildman–Crippen LogP) is 14.5. The van der Waals surface area contributed by atoms with E-state index in [2.05, 4.69) is 186 Å². The molecule has 4 heterocycles. The molecule has 13 rings (SSSR count). The third-order valence-electron chi connectivity index (χ3n) is 12.1. The molecule has 0 unspecified atom stereocenters. The van der Waals surface area contributed by atoms with Crippen molar-refractivity contribution in [3.05, 3.63) is 188 Å². The molecule has 0 atom stereocenters. The Labute approximate surface area is 332 Å². The lowest BCUT2D eigenvalue weighted by molar-refractivity contribution is 0.673. The molecule has 4 aromatic heterocycles. The van der Waals surface area contributed by atoms with E-state index in [0.717, 1.165) is 77.3 Å². The number of hydrogen-bond acceptors (Lipinski definition) is 3. The highest BCUT2D eigenvalue weighted by molar-refractivity contribution is 6.31. The molecule has 4 heteroatoms. The Bertz CT molecular complexity index is 3800. The molecule has 13 aromatic rings. The summed E-state index contributed by atoms with van der Waals surface area (Å²) in [4.78, 5) is 10.4. The first-order valence-corrected chi connectivity index (χ1v) is 19.7. The molecule has 58 heavy (non-hydrogen) atoms. The fourth-order valence-corrected chi connectivity index (χ4v) is 9.50. The highest BCUT2D eigenvalue weighted by Crippen LogP contribution is 2.44. The van der Waals surface area contributed by atoms with Gasteiger partial charge in [-0.3, -0.25) is 0 Å². The fraction of sp³-hybridized carbons (Fsp3) is 0. The molecule has 0 fully saturated rings. The number of nitrogens with zero attached hydrogens (tertiary/aromatic N) is 3. The summed E-state index contributed by atoms with van der Waals surface area (Å²) in [5.41, 5.74) is 12.7. The second-order valence-corrected chi connectivity index (χ2v) is 15.3. The van der Waals surface area contributed by atoms with Gasteiger partial charge in [-0.25, -0.2) is 9.97 Å². The second kappa shape index (κ2) is 11.8. The second-order valence-electron chi connectivity index (χ2n) is 15.3. The molecule has 0 bridgehead atoms. The van der Waals surface area contributed by atoms with Gasteiger partial charge in [-0.05, 0) is 75.8 Å². The number of rotatable bonds is 4. The molecular weight excluding hydrogens is 707 g/mol. The van der Waals surface area contributed by atoms with Gasteiger partial charge in [0.15, 0.2) is 5.82 Å². The average Bonchev–Trinajstić information content (AvgIpc) is 3.96. The molecule has 268 valence electrons. The van der Waals surface area contributed by atoms with Crippen LogP contribution in [0.1, 0.15) is 0 Å². The lowest BCUT2D eigenvalue weighted by Gasteiger charge is -2.12. The molecular formula is C54H31N3O. The molecule has 0 aliphatic carbocycles. The number of fused-ring (bicyclic) bond motifs is 13. The van der Waals surface area contributed by atoms with Crippen LogP contribution in [0, 0.1) is 0 Å². The van der Waals surface area contributed by atoms with Crippen molar-refractivity contribution in [1.82, 2.24) is 14.4 Å². The summed E-state index contributed by atoms with van der Waals surface area (Å²) in [6.07, 6.45) is 0. The van der Waals surface area contributed by atoms with Gasteiger partial charge in [-0.2, -0.15) is 0 Å². The van der Waals surface area contributed by atoms with Gasteiger partial charge >= 0.3 is 0 Å². The van der Waals surface area contributed by atoms with Crippen LogP contribution in [0.25, 0.3) is 127 Å². The number of aromatic nitrogens is 3. The van der Waals surface area contributed by atoms with Crippen LogP contribution in [-0.2, 0) is 0 Å². The Balaban J connectivity index is 0.954. The Morgan fingerprint density at radius 2 is 1.03 bits per heavy atom. The van der Waals surface area contributed by atoms with E-state index in [4.69, 9.17) is 14.4 Å². The predicted molar refractivity (Wildman–Crippen MR) is 241 cm³/mol. The minimum atomic E-state index is 0.710. The van der Waals surface area contributed by atoms with Gasteiger partial charge in [0.05, 0.1) is 27.9 Å². The van der Waals surface area contributed by atoms with E-state index in [1.54, 1.807) is 0 Å². The maximum Gasteiger partial charge on any atom is 0.161 e. The summed E-state index contributed by atoms with van der Waals surface area (Å²) >= 11 is 0. The van der Waals surface area contributed by atoms with E-state index >= 15 is 0 Å². The Morgan fingerprint density at radius 1 is 0.379 bits per heavy atom. The van der Waals surface area contributed by atoms with Crippen LogP contribution in [0.15, 0.2) is 192 Å². The van der Waals surface area contributed by atoms with Crippen LogP contribution >= 0.6 is 0 Å². The maximum atomic E-state index is 6.73. The van der Waals surface area contributed by atoms with E-state index in [1.165, 1.54) is 43.5 Å². The number of furan rings is 1. The molecule has 9 aromatic carbocycles. The molecule has 0 saturated carbocycles. The molecule has 0 spiro atoms. The van der Waals surface area contributed by atoms with Crippen LogP contribution in [0.5, 0.6) is 0 Å². The van der Waals surface area contributed by atoms with Gasteiger partial charge in [0.1, 0.15) is 11.2 Å². The van der Waals surface area contributed by atoms with Gasteiger partial charge < -0.3 is 8.82 Å². The van der Waals surface area contributed by atoms with Crippen LogP contribution < -0.4 is 0 Å². The average molecular weight is 738 g/mol. The topological polar surface area (TPSA) is 43.3 Å². The van der Waals surface area contributed by atoms with Crippen molar-refractivity contribution >= 4 is 81.6 Å². The van der Waals surface area contributed by atoms with Gasteiger partial charge in [-0.1, -0.05) is 140 Å². The molecule has 0 aliphatic rings. The highest BCUT2D eigenvalue weighted by atomic mass is 16.3. The van der Waals surface area contributed by atoms with Crippen molar-refractivity contribution in [1.29, 1.82) is 0 Å². The summed E-state index contributed by atoms with van der Waals surface area (Å²) in [6.45, 7) is 0. The lowest BCUT2D eigenvalue weighted by Crippen LogP contribution is -1.96. The first kappa shape index (κ1) is 31.4. The molecule has 0 N–H and O–H groups in total. The Kier molecular flexibility index (Phi) is 6.41. The number of para-hydroxylation sites is 2. The Hall–Kier alpha value is -7.82. The molecule has 0 radical (unpaired) electrons. The van der Waals surface area contributed by atoms with E-state index in [-0.39, 0.29) is 0 Å². The van der Waals surface area contributed by atoms with E-state index < -0.39 is 0 Å². The van der Waals surface area contributed by atoms with Crippen molar-refractivity contribution in [2.75, 3.05) is 0 Å². The van der Waals surface area contributed by atoms with E-state index in [1.807, 2.05) is 6.07 Å². The number of benzene rings is 9. The van der Waals surface area contributed by atoms with Crippen molar-refractivity contribution < 1.29 is 4.42 Å². The van der Waals surface area contributed by atoms with Gasteiger partial charge in [0.25, 0.3) is 0 Å². The summed E-state index contributed by atoms with van der Waals surface area (Å²) < 4.78 is 9.17. The summed E-state index contributed by atoms with van der Waals surface area (Å²) in [5, 5.41) is 12.0. The third kappa shape index (κ3) is 4.45. The third-order valence-corrected chi connectivity index (χ3v) is 12.1. The first-order valence-electron chi connectivity index (χ1n) is 19.7. The zero-order chi connectivity index (χ0) is 37.9. The largest absolute Gasteiger partial charge is 0.455 e. The smallest absolute Gasteiger partial charge is 0.161 e. The highest BCUT2D eigenvalue weighted by Gasteiger charge is 2.21. The van der Waals surface area contributed by atoms with Gasteiger partial charge in [0.2, 0.25) is 0 Å². The van der Waals surface area contributed by atoms with Crippen LogP contribution in [0.3, 0.4) is 0 Å². The Morgan fingerprint density at radius 3 is 1.97 bits per heavy atom. The monoisotopic (exact) mass is 737 g/mol. The normalized spacial score (nSPS) is 12.1. The summed E-state index contributed by atoms with van der Waals surface area (Å²) in [5.74, 6) is 0.710. The first-order chi connectivity index (χ1) is 28.7. The summed E-state index contributed by atoms with van der Waals surface area (Å²) in [6, 6.07) is 67.0. The van der Waals surface area contributed by atoms with Gasteiger partial charge in [0, 0.05) is 54.4 Å². The fourth-order valence-electron chi connectivity index (χ4n) is 9.50. The van der Waals surface area contributed by atoms with E-state index in [0.29, 0.717) is 5.82 Å². The molecule has 0 saturated heterocycles. The van der Waals surface area contributed by atoms with E-state index in [9.17, 15) is 0 Å². The SMILES string of the molecule is c1ccc(-c2cc(-c3cccc(-c4ccc5oc6c(ccc7c6ccc6c7c7cccc8c9ccccc9n6c87)c5c4)c3)nc(-c3cccc4ccccc34)n2)cc1. The zero-order valence-corrected chi connectivity index (χ0v) is 31.1. The molecule has 0 amide bonds. The van der Waals surface area contributed by atoms with Crippen molar-refractivity contribution in [2.24, 2.45) is 0 Å².